The molecule has 4 heteroatoms. The molecule has 104 valence electrons. The van der Waals surface area contributed by atoms with Crippen LogP contribution >= 0.6 is 0 Å². The number of anilines is 2. The summed E-state index contributed by atoms with van der Waals surface area (Å²) in [6, 6.07) is 3.87. The third-order valence-electron chi connectivity index (χ3n) is 3.78. The maximum absolute atomic E-state index is 12.4. The number of carbonyl (C=O) groups is 1. The van der Waals surface area contributed by atoms with Gasteiger partial charge in [-0.3, -0.25) is 4.79 Å². The van der Waals surface area contributed by atoms with Gasteiger partial charge in [0.15, 0.2) is 0 Å². The number of hydrogen-bond donors (Lipinski definition) is 1. The molecule has 0 radical (unpaired) electrons. The molecule has 0 saturated heterocycles. The Morgan fingerprint density at radius 2 is 2.11 bits per heavy atom. The molecule has 0 spiro atoms. The van der Waals surface area contributed by atoms with Crippen LogP contribution in [-0.4, -0.2) is 24.5 Å². The molecule has 1 aliphatic rings. The summed E-state index contributed by atoms with van der Waals surface area (Å²) in [5.41, 5.74) is 0.872. The molecule has 0 bridgehead atoms. The van der Waals surface area contributed by atoms with Gasteiger partial charge in [-0.25, -0.2) is 4.98 Å². The fraction of sp³-hybridized carbons (Fsp3) is 0.600. The number of aromatic nitrogens is 1. The van der Waals surface area contributed by atoms with Crippen LogP contribution in [-0.2, 0) is 4.79 Å². The minimum absolute atomic E-state index is 0.201. The Hall–Kier alpha value is -1.58. The molecule has 4 nitrogen and oxygen atoms in total. The fourth-order valence-corrected chi connectivity index (χ4v) is 2.62. The number of amides is 1. The Balaban J connectivity index is 2.01. The van der Waals surface area contributed by atoms with E-state index < -0.39 is 0 Å². The van der Waals surface area contributed by atoms with Gasteiger partial charge in [-0.15, -0.1) is 0 Å². The highest BCUT2D eigenvalue weighted by Crippen LogP contribution is 2.26. The highest BCUT2D eigenvalue weighted by molar-refractivity contribution is 5.94. The lowest BCUT2D eigenvalue weighted by Crippen LogP contribution is -2.34. The SMILES string of the molecule is CCNc1ccc(N(C)C(=O)C2CCCCC2)cn1. The van der Waals surface area contributed by atoms with Crippen molar-refractivity contribution in [2.24, 2.45) is 5.92 Å². The molecule has 1 heterocycles. The fourth-order valence-electron chi connectivity index (χ4n) is 2.62. The van der Waals surface area contributed by atoms with Crippen molar-refractivity contribution in [1.29, 1.82) is 0 Å². The van der Waals surface area contributed by atoms with Gasteiger partial charge in [0.2, 0.25) is 5.91 Å². The van der Waals surface area contributed by atoms with Crippen LogP contribution in [0.25, 0.3) is 0 Å². The van der Waals surface area contributed by atoms with Gasteiger partial charge in [0, 0.05) is 19.5 Å². The number of nitrogens with one attached hydrogen (secondary N) is 1. The maximum Gasteiger partial charge on any atom is 0.229 e. The largest absolute Gasteiger partial charge is 0.370 e. The molecule has 19 heavy (non-hydrogen) atoms. The first-order chi connectivity index (χ1) is 9.22. The zero-order valence-corrected chi connectivity index (χ0v) is 11.9. The van der Waals surface area contributed by atoms with Gasteiger partial charge in [0.25, 0.3) is 0 Å². The molecule has 1 fully saturated rings. The van der Waals surface area contributed by atoms with Gasteiger partial charge in [-0.05, 0) is 31.9 Å². The van der Waals surface area contributed by atoms with Gasteiger partial charge in [-0.2, -0.15) is 0 Å². The van der Waals surface area contributed by atoms with Crippen LogP contribution in [0.4, 0.5) is 11.5 Å². The standard InChI is InChI=1S/C15H23N3O/c1-3-16-14-10-9-13(11-17-14)18(2)15(19)12-7-5-4-6-8-12/h9-12H,3-8H2,1-2H3,(H,16,17). The van der Waals surface area contributed by atoms with Gasteiger partial charge >= 0.3 is 0 Å². The van der Waals surface area contributed by atoms with Crippen LogP contribution in [0.2, 0.25) is 0 Å². The van der Waals surface area contributed by atoms with Crippen molar-refractivity contribution in [2.75, 3.05) is 23.8 Å². The molecule has 1 saturated carbocycles. The highest BCUT2D eigenvalue weighted by Gasteiger charge is 2.24. The Labute approximate surface area is 115 Å². The van der Waals surface area contributed by atoms with Crippen molar-refractivity contribution in [3.8, 4) is 0 Å². The van der Waals surface area contributed by atoms with E-state index in [1.165, 1.54) is 19.3 Å². The lowest BCUT2D eigenvalue weighted by molar-refractivity contribution is -0.123. The summed E-state index contributed by atoms with van der Waals surface area (Å²) in [6.45, 7) is 2.89. The summed E-state index contributed by atoms with van der Waals surface area (Å²) in [7, 11) is 1.85. The smallest absolute Gasteiger partial charge is 0.229 e. The van der Waals surface area contributed by atoms with E-state index in [4.69, 9.17) is 0 Å². The molecule has 1 N–H and O–H groups in total. The first kappa shape index (κ1) is 13.8. The average molecular weight is 261 g/mol. The van der Waals surface area contributed by atoms with Gasteiger partial charge < -0.3 is 10.2 Å². The van der Waals surface area contributed by atoms with Crippen LogP contribution in [0.15, 0.2) is 18.3 Å². The number of rotatable bonds is 4. The minimum atomic E-state index is 0.201. The van der Waals surface area contributed by atoms with E-state index in [0.29, 0.717) is 0 Å². The second-order valence-electron chi connectivity index (χ2n) is 5.16. The Bertz CT molecular complexity index is 410. The molecule has 1 aliphatic carbocycles. The summed E-state index contributed by atoms with van der Waals surface area (Å²) in [5, 5.41) is 3.15. The monoisotopic (exact) mass is 261 g/mol. The third-order valence-corrected chi connectivity index (χ3v) is 3.78. The molecule has 2 rings (SSSR count). The van der Waals surface area contributed by atoms with E-state index in [0.717, 1.165) is 30.9 Å². The summed E-state index contributed by atoms with van der Waals surface area (Å²) < 4.78 is 0. The van der Waals surface area contributed by atoms with E-state index >= 15 is 0 Å². The van der Waals surface area contributed by atoms with Gasteiger partial charge in [0.05, 0.1) is 11.9 Å². The predicted octanol–water partition coefficient (Wildman–Crippen LogP) is 3.06. The van der Waals surface area contributed by atoms with Crippen LogP contribution in [0.1, 0.15) is 39.0 Å². The average Bonchev–Trinajstić information content (AvgIpc) is 2.48. The van der Waals surface area contributed by atoms with E-state index in [-0.39, 0.29) is 11.8 Å². The van der Waals surface area contributed by atoms with Crippen LogP contribution < -0.4 is 10.2 Å². The van der Waals surface area contributed by atoms with Gasteiger partial charge in [-0.1, -0.05) is 19.3 Å². The van der Waals surface area contributed by atoms with E-state index in [9.17, 15) is 4.79 Å². The predicted molar refractivity (Wildman–Crippen MR) is 78.4 cm³/mol. The number of pyridine rings is 1. The zero-order valence-electron chi connectivity index (χ0n) is 11.9. The number of carbonyl (C=O) groups excluding carboxylic acids is 1. The molecule has 1 aromatic rings. The Morgan fingerprint density at radius 3 is 2.68 bits per heavy atom. The summed E-state index contributed by atoms with van der Waals surface area (Å²) >= 11 is 0. The highest BCUT2D eigenvalue weighted by atomic mass is 16.2. The van der Waals surface area contributed by atoms with E-state index in [2.05, 4.69) is 10.3 Å². The Morgan fingerprint density at radius 1 is 1.37 bits per heavy atom. The van der Waals surface area contributed by atoms with Crippen molar-refractivity contribution in [3.63, 3.8) is 0 Å². The van der Waals surface area contributed by atoms with E-state index in [1.807, 2.05) is 26.1 Å². The second kappa shape index (κ2) is 6.55. The van der Waals surface area contributed by atoms with Crippen molar-refractivity contribution in [1.82, 2.24) is 4.98 Å². The quantitative estimate of drug-likeness (QED) is 0.906. The first-order valence-corrected chi connectivity index (χ1v) is 7.20. The molecular weight excluding hydrogens is 238 g/mol. The molecule has 0 aliphatic heterocycles. The number of hydrogen-bond acceptors (Lipinski definition) is 3. The molecule has 0 unspecified atom stereocenters. The Kier molecular flexibility index (Phi) is 4.77. The van der Waals surface area contributed by atoms with E-state index in [1.54, 1.807) is 11.1 Å². The second-order valence-corrected chi connectivity index (χ2v) is 5.16. The van der Waals surface area contributed by atoms with Gasteiger partial charge in [0.1, 0.15) is 5.82 Å². The summed E-state index contributed by atoms with van der Waals surface area (Å²) in [6.07, 6.45) is 7.47. The zero-order chi connectivity index (χ0) is 13.7. The van der Waals surface area contributed by atoms with Crippen molar-refractivity contribution >= 4 is 17.4 Å². The topological polar surface area (TPSA) is 45.2 Å². The molecule has 1 amide bonds. The summed E-state index contributed by atoms with van der Waals surface area (Å²) in [5.74, 6) is 1.29. The number of nitrogens with zero attached hydrogens (tertiary/aromatic N) is 2. The van der Waals surface area contributed by atoms with Crippen molar-refractivity contribution in [3.05, 3.63) is 18.3 Å². The molecule has 1 aromatic heterocycles. The van der Waals surface area contributed by atoms with Crippen LogP contribution in [0, 0.1) is 5.92 Å². The third kappa shape index (κ3) is 3.46. The van der Waals surface area contributed by atoms with Crippen LogP contribution in [0.3, 0.4) is 0 Å². The molecular formula is C15H23N3O. The maximum atomic E-state index is 12.4. The first-order valence-electron chi connectivity index (χ1n) is 7.20. The van der Waals surface area contributed by atoms with Crippen molar-refractivity contribution < 1.29 is 4.79 Å². The lowest BCUT2D eigenvalue weighted by atomic mass is 9.88. The van der Waals surface area contributed by atoms with Crippen molar-refractivity contribution in [2.45, 2.75) is 39.0 Å². The minimum Gasteiger partial charge on any atom is -0.370 e. The summed E-state index contributed by atoms with van der Waals surface area (Å²) in [4.78, 5) is 18.5. The molecule has 0 aromatic carbocycles. The molecule has 0 atom stereocenters. The normalized spacial score (nSPS) is 16.1. The van der Waals surface area contributed by atoms with Crippen LogP contribution in [0.5, 0.6) is 0 Å². The lowest BCUT2D eigenvalue weighted by Gasteiger charge is -2.26.